The number of aliphatic hydroxyl groups is 1. The summed E-state index contributed by atoms with van der Waals surface area (Å²) >= 11 is 0. The summed E-state index contributed by atoms with van der Waals surface area (Å²) in [4.78, 5) is 41.1. The second-order valence-electron chi connectivity index (χ2n) is 11.2. The first-order valence-electron chi connectivity index (χ1n) is 12.0. The molecule has 0 aliphatic heterocycles. The third-order valence-electron chi connectivity index (χ3n) is 4.94. The maximum atomic E-state index is 13.8. The number of nitrogens with one attached hydrogen (secondary N) is 2. The van der Waals surface area contributed by atoms with Gasteiger partial charge >= 0.3 is 6.09 Å². The highest BCUT2D eigenvalue weighted by atomic mass is 16.6. The van der Waals surface area contributed by atoms with Crippen molar-refractivity contribution in [3.8, 4) is 5.75 Å². The van der Waals surface area contributed by atoms with Crippen LogP contribution in [0.4, 0.5) is 4.79 Å². The number of benzene rings is 1. The number of nitrogens with zero attached hydrogens (tertiary/aromatic N) is 1. The Kier molecular flexibility index (Phi) is 10.6. The monoisotopic (exact) mass is 493 g/mol. The minimum absolute atomic E-state index is 0.0316. The molecule has 2 atom stereocenters. The van der Waals surface area contributed by atoms with Gasteiger partial charge in [-0.2, -0.15) is 0 Å². The minimum Gasteiger partial charge on any atom is -0.507 e. The third kappa shape index (κ3) is 9.76. The Morgan fingerprint density at radius 3 is 2.17 bits per heavy atom. The zero-order valence-corrected chi connectivity index (χ0v) is 22.6. The molecule has 2 unspecified atom stereocenters. The van der Waals surface area contributed by atoms with Crippen molar-refractivity contribution >= 4 is 17.9 Å². The van der Waals surface area contributed by atoms with E-state index in [1.165, 1.54) is 4.90 Å². The van der Waals surface area contributed by atoms with Crippen LogP contribution in [0.15, 0.2) is 18.2 Å². The number of aromatic hydroxyl groups is 1. The van der Waals surface area contributed by atoms with Crippen molar-refractivity contribution in [2.75, 3.05) is 13.2 Å². The zero-order chi connectivity index (χ0) is 27.1. The van der Waals surface area contributed by atoms with Crippen molar-refractivity contribution in [3.63, 3.8) is 0 Å². The van der Waals surface area contributed by atoms with Gasteiger partial charge in [0, 0.05) is 17.6 Å². The third-order valence-corrected chi connectivity index (χ3v) is 4.94. The van der Waals surface area contributed by atoms with E-state index in [0.717, 1.165) is 0 Å². The summed E-state index contributed by atoms with van der Waals surface area (Å²) in [6.45, 7) is 15.5. The molecule has 0 spiro atoms. The molecule has 0 saturated carbocycles. The molecule has 1 rings (SSSR count). The molecule has 4 N–H and O–H groups in total. The Hall–Kier alpha value is -2.81. The maximum Gasteiger partial charge on any atom is 0.408 e. The average Bonchev–Trinajstić information content (AvgIpc) is 2.66. The smallest absolute Gasteiger partial charge is 0.408 e. The van der Waals surface area contributed by atoms with E-state index in [9.17, 15) is 24.6 Å². The summed E-state index contributed by atoms with van der Waals surface area (Å²) < 4.78 is 5.34. The summed E-state index contributed by atoms with van der Waals surface area (Å²) in [5.41, 5.74) is -0.607. The Labute approximate surface area is 209 Å². The first-order chi connectivity index (χ1) is 16.0. The quantitative estimate of drug-likeness (QED) is 0.417. The summed E-state index contributed by atoms with van der Waals surface area (Å²) in [6.07, 6.45) is -0.470. The second-order valence-corrected chi connectivity index (χ2v) is 11.2. The number of ether oxygens (including phenoxy) is 1. The molecule has 0 heterocycles. The van der Waals surface area contributed by atoms with Crippen molar-refractivity contribution in [2.24, 2.45) is 5.92 Å². The lowest BCUT2D eigenvalue weighted by Crippen LogP contribution is -2.55. The fraction of sp³-hybridized carbons (Fsp3) is 0.654. The number of para-hydroxylation sites is 1. The van der Waals surface area contributed by atoms with E-state index >= 15 is 0 Å². The molecule has 0 aliphatic rings. The van der Waals surface area contributed by atoms with E-state index < -0.39 is 47.7 Å². The van der Waals surface area contributed by atoms with Crippen LogP contribution in [0.1, 0.15) is 79.0 Å². The SMILES string of the molecule is Cc1cccc(C(C(=O)NC(C)(C)C)N(CCO)C(=O)C(CC(C)C)NC(=O)OC(C)(C)C)c1O. The van der Waals surface area contributed by atoms with Crippen LogP contribution < -0.4 is 10.6 Å². The molecule has 1 aromatic rings. The molecule has 0 aliphatic carbocycles. The molecular formula is C26H43N3O6. The minimum atomic E-state index is -1.23. The van der Waals surface area contributed by atoms with Gasteiger partial charge in [0.15, 0.2) is 0 Å². The van der Waals surface area contributed by atoms with Crippen LogP contribution in [0.25, 0.3) is 0 Å². The summed E-state index contributed by atoms with van der Waals surface area (Å²) in [6, 6.07) is 2.72. The molecule has 0 bridgehead atoms. The van der Waals surface area contributed by atoms with Gasteiger partial charge in [-0.25, -0.2) is 4.79 Å². The van der Waals surface area contributed by atoms with Gasteiger partial charge in [-0.15, -0.1) is 0 Å². The van der Waals surface area contributed by atoms with E-state index in [-0.39, 0.29) is 30.2 Å². The summed E-state index contributed by atoms with van der Waals surface area (Å²) in [5.74, 6) is -1.16. The van der Waals surface area contributed by atoms with Gasteiger partial charge in [0.05, 0.1) is 6.61 Å². The number of hydrogen-bond donors (Lipinski definition) is 4. The molecular weight excluding hydrogens is 450 g/mol. The number of aryl methyl sites for hydroxylation is 1. The van der Waals surface area contributed by atoms with Crippen molar-refractivity contribution in [1.29, 1.82) is 0 Å². The van der Waals surface area contributed by atoms with Crippen LogP contribution in [0.2, 0.25) is 0 Å². The van der Waals surface area contributed by atoms with Gasteiger partial charge in [-0.1, -0.05) is 32.0 Å². The van der Waals surface area contributed by atoms with Crippen molar-refractivity contribution in [2.45, 2.75) is 92.0 Å². The molecule has 9 heteroatoms. The number of amides is 3. The fourth-order valence-electron chi connectivity index (χ4n) is 3.61. The Bertz CT molecular complexity index is 886. The first-order valence-corrected chi connectivity index (χ1v) is 12.0. The number of aliphatic hydroxyl groups excluding tert-OH is 1. The van der Waals surface area contributed by atoms with E-state index in [1.807, 2.05) is 34.6 Å². The van der Waals surface area contributed by atoms with Crippen LogP contribution in [-0.4, -0.2) is 63.4 Å². The van der Waals surface area contributed by atoms with Gasteiger partial charge < -0.3 is 30.5 Å². The maximum absolute atomic E-state index is 13.8. The predicted octanol–water partition coefficient (Wildman–Crippen LogP) is 3.42. The summed E-state index contributed by atoms with van der Waals surface area (Å²) in [5, 5.41) is 26.1. The fourth-order valence-corrected chi connectivity index (χ4v) is 3.61. The van der Waals surface area contributed by atoms with Crippen LogP contribution in [0, 0.1) is 12.8 Å². The van der Waals surface area contributed by atoms with Crippen LogP contribution >= 0.6 is 0 Å². The van der Waals surface area contributed by atoms with E-state index in [0.29, 0.717) is 5.56 Å². The van der Waals surface area contributed by atoms with Crippen molar-refractivity contribution in [3.05, 3.63) is 29.3 Å². The number of alkyl carbamates (subject to hydrolysis) is 1. The highest BCUT2D eigenvalue weighted by molar-refractivity contribution is 5.92. The second kappa shape index (κ2) is 12.2. The molecule has 0 aromatic heterocycles. The Balaban J connectivity index is 3.54. The van der Waals surface area contributed by atoms with E-state index in [1.54, 1.807) is 45.9 Å². The van der Waals surface area contributed by atoms with Crippen LogP contribution in [0.5, 0.6) is 5.75 Å². The number of carbonyl (C=O) groups is 3. The van der Waals surface area contributed by atoms with E-state index in [2.05, 4.69) is 10.6 Å². The number of phenols is 1. The lowest BCUT2D eigenvalue weighted by molar-refractivity contribution is -0.144. The van der Waals surface area contributed by atoms with Gasteiger partial charge in [-0.05, 0) is 66.4 Å². The van der Waals surface area contributed by atoms with Crippen molar-refractivity contribution in [1.82, 2.24) is 15.5 Å². The van der Waals surface area contributed by atoms with Gasteiger partial charge in [0.25, 0.3) is 0 Å². The molecule has 35 heavy (non-hydrogen) atoms. The molecule has 198 valence electrons. The van der Waals surface area contributed by atoms with Crippen LogP contribution in [-0.2, 0) is 14.3 Å². The Morgan fingerprint density at radius 1 is 1.09 bits per heavy atom. The standard InChI is InChI=1S/C26H43N3O6/c1-16(2)15-19(27-24(34)35-26(7,8)9)23(33)29(13-14-30)20(22(32)28-25(4,5)6)18-12-10-11-17(3)21(18)31/h10-12,16,19-20,30-31H,13-15H2,1-9H3,(H,27,34)(H,28,32). The molecule has 0 saturated heterocycles. The van der Waals surface area contributed by atoms with Gasteiger partial charge in [-0.3, -0.25) is 9.59 Å². The zero-order valence-electron chi connectivity index (χ0n) is 22.6. The Morgan fingerprint density at radius 2 is 1.69 bits per heavy atom. The van der Waals surface area contributed by atoms with Gasteiger partial charge in [0.2, 0.25) is 11.8 Å². The van der Waals surface area contributed by atoms with Crippen molar-refractivity contribution < 1.29 is 29.3 Å². The molecule has 9 nitrogen and oxygen atoms in total. The molecule has 3 amide bonds. The number of phenolic OH excluding ortho intramolecular Hbond substituents is 1. The molecule has 0 radical (unpaired) electrons. The summed E-state index contributed by atoms with van der Waals surface area (Å²) in [7, 11) is 0. The highest BCUT2D eigenvalue weighted by Gasteiger charge is 2.38. The molecule has 1 aromatic carbocycles. The van der Waals surface area contributed by atoms with Gasteiger partial charge in [0.1, 0.15) is 23.4 Å². The van der Waals surface area contributed by atoms with E-state index in [4.69, 9.17) is 4.74 Å². The first kappa shape index (κ1) is 30.2. The lowest BCUT2D eigenvalue weighted by atomic mass is 9.96. The number of carbonyl (C=O) groups excluding carboxylic acids is 3. The molecule has 0 fully saturated rings. The average molecular weight is 494 g/mol. The number of hydrogen-bond acceptors (Lipinski definition) is 6. The predicted molar refractivity (Wildman–Crippen MR) is 135 cm³/mol. The largest absolute Gasteiger partial charge is 0.507 e. The topological polar surface area (TPSA) is 128 Å². The number of rotatable bonds is 9. The lowest BCUT2D eigenvalue weighted by Gasteiger charge is -2.36. The highest BCUT2D eigenvalue weighted by Crippen LogP contribution is 2.33. The normalized spacial score (nSPS) is 13.7. The van der Waals surface area contributed by atoms with Crippen LogP contribution in [0.3, 0.4) is 0 Å².